The molecule has 3 unspecified atom stereocenters. The lowest BCUT2D eigenvalue weighted by atomic mass is 9.99. The van der Waals surface area contributed by atoms with Crippen LogP contribution in [0.5, 0.6) is 0 Å². The van der Waals surface area contributed by atoms with Gasteiger partial charge < -0.3 is 15.7 Å². The number of rotatable bonds is 6. The number of amides is 2. The molecule has 3 N–H and O–H groups in total. The maximum Gasteiger partial charge on any atom is 0.326 e. The Hall–Kier alpha value is -1.56. The summed E-state index contributed by atoms with van der Waals surface area (Å²) in [7, 11) is 0. The van der Waals surface area contributed by atoms with Crippen LogP contribution in [-0.2, 0) is 4.79 Å². The molecule has 1 rings (SSSR count). The molecule has 1 aromatic rings. The molecule has 3 atom stereocenters. The van der Waals surface area contributed by atoms with Gasteiger partial charge in [-0.25, -0.2) is 9.59 Å². The molecule has 1 heterocycles. The van der Waals surface area contributed by atoms with E-state index in [2.05, 4.69) is 10.6 Å². The van der Waals surface area contributed by atoms with Gasteiger partial charge in [-0.2, -0.15) is 0 Å². The number of urea groups is 1. The number of carbonyl (C=O) groups excluding carboxylic acids is 1. The van der Waals surface area contributed by atoms with Gasteiger partial charge in [0.15, 0.2) is 0 Å². The molecule has 0 aromatic carbocycles. The number of hydrogen-bond acceptors (Lipinski definition) is 3. The number of carbonyl (C=O) groups is 2. The highest BCUT2D eigenvalue weighted by Crippen LogP contribution is 2.18. The minimum absolute atomic E-state index is 0.111. The van der Waals surface area contributed by atoms with Gasteiger partial charge in [-0.05, 0) is 24.3 Å². The summed E-state index contributed by atoms with van der Waals surface area (Å²) < 4.78 is 0. The molecule has 2 amide bonds. The minimum Gasteiger partial charge on any atom is -0.480 e. The number of thiophene rings is 1. The molecule has 0 aliphatic heterocycles. The molecule has 0 spiro atoms. The van der Waals surface area contributed by atoms with E-state index in [0.717, 1.165) is 4.88 Å². The van der Waals surface area contributed by atoms with Gasteiger partial charge in [0.1, 0.15) is 6.04 Å². The van der Waals surface area contributed by atoms with Gasteiger partial charge >= 0.3 is 12.0 Å². The Morgan fingerprint density at radius 2 is 2.05 bits per heavy atom. The highest BCUT2D eigenvalue weighted by molar-refractivity contribution is 7.10. The average Bonchev–Trinajstić information content (AvgIpc) is 2.88. The van der Waals surface area contributed by atoms with Crippen molar-refractivity contribution in [1.29, 1.82) is 0 Å². The molecule has 0 radical (unpaired) electrons. The molecule has 19 heavy (non-hydrogen) atoms. The van der Waals surface area contributed by atoms with Crippen molar-refractivity contribution < 1.29 is 14.7 Å². The summed E-state index contributed by atoms with van der Waals surface area (Å²) >= 11 is 1.55. The van der Waals surface area contributed by atoms with Crippen LogP contribution < -0.4 is 10.6 Å². The minimum atomic E-state index is -1.01. The van der Waals surface area contributed by atoms with E-state index in [1.807, 2.05) is 38.3 Å². The predicted octanol–water partition coefficient (Wildman–Crippen LogP) is 2.61. The summed E-state index contributed by atoms with van der Waals surface area (Å²) in [6.07, 6.45) is 0.692. The second-order valence-electron chi connectivity index (χ2n) is 4.56. The topological polar surface area (TPSA) is 78.4 Å². The molecule has 0 fully saturated rings. The van der Waals surface area contributed by atoms with Crippen LogP contribution in [0.1, 0.15) is 38.1 Å². The van der Waals surface area contributed by atoms with Crippen molar-refractivity contribution in [3.63, 3.8) is 0 Å². The summed E-state index contributed by atoms with van der Waals surface area (Å²) in [4.78, 5) is 23.9. The maximum atomic E-state index is 11.8. The molecule has 0 aliphatic rings. The first-order valence-electron chi connectivity index (χ1n) is 6.29. The van der Waals surface area contributed by atoms with Crippen molar-refractivity contribution in [1.82, 2.24) is 10.6 Å². The number of nitrogens with one attached hydrogen (secondary N) is 2. The van der Waals surface area contributed by atoms with E-state index < -0.39 is 18.0 Å². The normalized spacial score (nSPS) is 15.3. The Labute approximate surface area is 117 Å². The molecule has 0 aliphatic carbocycles. The van der Waals surface area contributed by atoms with Gasteiger partial charge in [0.25, 0.3) is 0 Å². The first-order valence-corrected chi connectivity index (χ1v) is 7.16. The summed E-state index contributed by atoms with van der Waals surface area (Å²) in [6, 6.07) is 2.40. The van der Waals surface area contributed by atoms with E-state index in [4.69, 9.17) is 5.11 Å². The lowest BCUT2D eigenvalue weighted by Crippen LogP contribution is -2.49. The van der Waals surface area contributed by atoms with Crippen molar-refractivity contribution in [3.05, 3.63) is 22.4 Å². The van der Waals surface area contributed by atoms with Crippen LogP contribution in [-0.4, -0.2) is 23.1 Å². The van der Waals surface area contributed by atoms with Crippen molar-refractivity contribution in [2.75, 3.05) is 0 Å². The quantitative estimate of drug-likeness (QED) is 0.751. The molecule has 0 bridgehead atoms. The number of carboxylic acid groups (broad SMARTS) is 1. The summed E-state index contributed by atoms with van der Waals surface area (Å²) in [5, 5.41) is 16.3. The van der Waals surface area contributed by atoms with Gasteiger partial charge in [-0.1, -0.05) is 26.3 Å². The smallest absolute Gasteiger partial charge is 0.326 e. The van der Waals surface area contributed by atoms with E-state index >= 15 is 0 Å². The summed E-state index contributed by atoms with van der Waals surface area (Å²) in [5.41, 5.74) is 0. The fraction of sp³-hybridized carbons (Fsp3) is 0.538. The zero-order valence-electron chi connectivity index (χ0n) is 11.3. The average molecular weight is 284 g/mol. The Balaban J connectivity index is 2.56. The van der Waals surface area contributed by atoms with Gasteiger partial charge in [-0.3, -0.25) is 0 Å². The number of carboxylic acids is 1. The first-order chi connectivity index (χ1) is 8.95. The van der Waals surface area contributed by atoms with E-state index in [-0.39, 0.29) is 12.0 Å². The zero-order chi connectivity index (χ0) is 14.4. The molecular weight excluding hydrogens is 264 g/mol. The largest absolute Gasteiger partial charge is 0.480 e. The van der Waals surface area contributed by atoms with Crippen LogP contribution >= 0.6 is 11.3 Å². The van der Waals surface area contributed by atoms with Gasteiger partial charge in [0, 0.05) is 4.88 Å². The molecular formula is C13H20N2O3S. The SMILES string of the molecule is CCC(C)C(NC(=O)NC(C)c1cccs1)C(=O)O. The van der Waals surface area contributed by atoms with Crippen LogP contribution in [0.15, 0.2) is 17.5 Å². The summed E-state index contributed by atoms with van der Waals surface area (Å²) in [5.74, 6) is -1.12. The van der Waals surface area contributed by atoms with Crippen LogP contribution in [0.2, 0.25) is 0 Å². The second-order valence-corrected chi connectivity index (χ2v) is 5.54. The van der Waals surface area contributed by atoms with Crippen LogP contribution in [0, 0.1) is 5.92 Å². The molecule has 6 heteroatoms. The maximum absolute atomic E-state index is 11.8. The molecule has 1 aromatic heterocycles. The van der Waals surface area contributed by atoms with Gasteiger partial charge in [0.05, 0.1) is 6.04 Å². The molecule has 106 valence electrons. The van der Waals surface area contributed by atoms with E-state index in [0.29, 0.717) is 6.42 Å². The van der Waals surface area contributed by atoms with Gasteiger partial charge in [0.2, 0.25) is 0 Å². The Kier molecular flexibility index (Phi) is 5.82. The molecule has 5 nitrogen and oxygen atoms in total. The van der Waals surface area contributed by atoms with Crippen LogP contribution in [0.25, 0.3) is 0 Å². The van der Waals surface area contributed by atoms with Gasteiger partial charge in [-0.15, -0.1) is 11.3 Å². The van der Waals surface area contributed by atoms with E-state index in [9.17, 15) is 9.59 Å². The fourth-order valence-electron chi connectivity index (χ4n) is 1.67. The van der Waals surface area contributed by atoms with Crippen LogP contribution in [0.4, 0.5) is 4.79 Å². The van der Waals surface area contributed by atoms with Crippen molar-refractivity contribution in [2.45, 2.75) is 39.3 Å². The highest BCUT2D eigenvalue weighted by atomic mass is 32.1. The molecule has 0 saturated heterocycles. The number of hydrogen-bond donors (Lipinski definition) is 3. The van der Waals surface area contributed by atoms with Crippen molar-refractivity contribution in [2.24, 2.45) is 5.92 Å². The lowest BCUT2D eigenvalue weighted by Gasteiger charge is -2.21. The first kappa shape index (κ1) is 15.5. The monoisotopic (exact) mass is 284 g/mol. The molecule has 0 saturated carbocycles. The third-order valence-corrected chi connectivity index (χ3v) is 4.14. The zero-order valence-corrected chi connectivity index (χ0v) is 12.2. The number of aliphatic carboxylic acids is 1. The Morgan fingerprint density at radius 1 is 1.37 bits per heavy atom. The third-order valence-electron chi connectivity index (χ3n) is 3.08. The predicted molar refractivity (Wildman–Crippen MR) is 75.3 cm³/mol. The second kappa shape index (κ2) is 7.13. The van der Waals surface area contributed by atoms with E-state index in [1.54, 1.807) is 11.3 Å². The van der Waals surface area contributed by atoms with Crippen molar-refractivity contribution >= 4 is 23.3 Å². The van der Waals surface area contributed by atoms with E-state index in [1.165, 1.54) is 0 Å². The third kappa shape index (κ3) is 4.55. The Morgan fingerprint density at radius 3 is 2.53 bits per heavy atom. The summed E-state index contributed by atoms with van der Waals surface area (Å²) in [6.45, 7) is 5.57. The van der Waals surface area contributed by atoms with Crippen LogP contribution in [0.3, 0.4) is 0 Å². The highest BCUT2D eigenvalue weighted by Gasteiger charge is 2.25. The fourth-order valence-corrected chi connectivity index (χ4v) is 2.41. The lowest BCUT2D eigenvalue weighted by molar-refractivity contribution is -0.140. The van der Waals surface area contributed by atoms with Crippen molar-refractivity contribution in [3.8, 4) is 0 Å². The standard InChI is InChI=1S/C13H20N2O3S/c1-4-8(2)11(12(16)17)15-13(18)14-9(3)10-6-5-7-19-10/h5-9,11H,4H2,1-3H3,(H,16,17)(H2,14,15,18). The Bertz CT molecular complexity index is 420.